The molecular weight excluding hydrogens is 547 g/mol. The second-order valence-corrected chi connectivity index (χ2v) is 14.6. The summed E-state index contributed by atoms with van der Waals surface area (Å²) in [6.07, 6.45) is 30.0. The van der Waals surface area contributed by atoms with E-state index in [-0.39, 0.29) is 0 Å². The Balaban J connectivity index is 2.00. The molecule has 4 heteroatoms. The predicted molar refractivity (Wildman–Crippen MR) is 190 cm³/mol. The highest BCUT2D eigenvalue weighted by molar-refractivity contribution is 7.68. The predicted octanol–water partition coefficient (Wildman–Crippen LogP) is 12.0. The van der Waals surface area contributed by atoms with Crippen molar-refractivity contribution < 1.29 is 14.3 Å². The molecule has 0 radical (unpaired) electrons. The summed E-state index contributed by atoms with van der Waals surface area (Å²) in [5, 5.41) is 0.496. The molecule has 0 aliphatic carbocycles. The van der Waals surface area contributed by atoms with Crippen LogP contribution in [-0.4, -0.2) is 9.79 Å². The van der Waals surface area contributed by atoms with E-state index in [0.717, 1.165) is 25.7 Å². The molecule has 2 aromatic carbocycles. The van der Waals surface area contributed by atoms with E-state index in [1.807, 2.05) is 36.4 Å². The maximum absolute atomic E-state index is 11.2. The molecule has 2 N–H and O–H groups in total. The summed E-state index contributed by atoms with van der Waals surface area (Å²) in [5.74, 6) is 0.664. The summed E-state index contributed by atoms with van der Waals surface area (Å²) in [6, 6.07) is 14.0. The van der Waals surface area contributed by atoms with Crippen LogP contribution in [0, 0.1) is 0 Å². The van der Waals surface area contributed by atoms with Gasteiger partial charge >= 0.3 is 7.94 Å². The van der Waals surface area contributed by atoms with Crippen molar-refractivity contribution in [3.05, 3.63) is 59.2 Å². The van der Waals surface area contributed by atoms with Gasteiger partial charge in [-0.25, -0.2) is 0 Å². The zero-order valence-corrected chi connectivity index (χ0v) is 29.2. The van der Waals surface area contributed by atoms with Gasteiger partial charge in [-0.3, -0.25) is 4.52 Å². The van der Waals surface area contributed by atoms with Gasteiger partial charge in [0, 0.05) is 5.56 Å². The molecule has 244 valence electrons. The van der Waals surface area contributed by atoms with Crippen LogP contribution < -0.4 is 9.83 Å². The van der Waals surface area contributed by atoms with Crippen molar-refractivity contribution in [3.8, 4) is 5.75 Å². The minimum absolute atomic E-state index is 0.496. The molecule has 0 fully saturated rings. The van der Waals surface area contributed by atoms with E-state index >= 15 is 0 Å². The van der Waals surface area contributed by atoms with Crippen molar-refractivity contribution in [1.29, 1.82) is 0 Å². The zero-order chi connectivity index (χ0) is 31.0. The summed E-state index contributed by atoms with van der Waals surface area (Å²) in [6.45, 7) is 6.79. The van der Waals surface area contributed by atoms with Crippen molar-refractivity contribution in [3.63, 3.8) is 0 Å². The van der Waals surface area contributed by atoms with Crippen LogP contribution in [0.25, 0.3) is 0 Å². The van der Waals surface area contributed by atoms with Crippen LogP contribution in [0.1, 0.15) is 172 Å². The van der Waals surface area contributed by atoms with Crippen molar-refractivity contribution in [2.75, 3.05) is 0 Å². The molecule has 3 nitrogen and oxygen atoms in total. The van der Waals surface area contributed by atoms with Crippen molar-refractivity contribution >= 4 is 13.2 Å². The van der Waals surface area contributed by atoms with Gasteiger partial charge in [-0.2, -0.15) is 9.79 Å². The van der Waals surface area contributed by atoms with Crippen LogP contribution >= 0.6 is 7.94 Å². The fraction of sp³-hybridized carbons (Fsp3) is 0.692. The van der Waals surface area contributed by atoms with Crippen LogP contribution in [0.2, 0.25) is 0 Å². The lowest BCUT2D eigenvalue weighted by molar-refractivity contribution is 0.352. The number of rotatable bonds is 27. The summed E-state index contributed by atoms with van der Waals surface area (Å²) in [7, 11) is -3.74. The second-order valence-electron chi connectivity index (χ2n) is 12.8. The molecule has 0 saturated heterocycles. The maximum Gasteiger partial charge on any atom is 0.487 e. The maximum atomic E-state index is 11.2. The third-order valence-electron chi connectivity index (χ3n) is 8.88. The average molecular weight is 614 g/mol. The first-order valence-corrected chi connectivity index (χ1v) is 19.9. The molecule has 0 amide bonds. The molecule has 2 aromatic rings. The smallest absolute Gasteiger partial charge is 0.281 e. The highest BCUT2D eigenvalue weighted by Gasteiger charge is 2.41. The molecule has 0 bridgehead atoms. The molecule has 0 spiro atoms. The summed E-state index contributed by atoms with van der Waals surface area (Å²) in [4.78, 5) is 22.4. The lowest BCUT2D eigenvalue weighted by atomic mass is 9.95. The van der Waals surface area contributed by atoms with Crippen LogP contribution in [-0.2, 0) is 19.3 Å². The van der Waals surface area contributed by atoms with Crippen molar-refractivity contribution in [2.45, 2.75) is 175 Å². The Kier molecular flexibility index (Phi) is 21.0. The third kappa shape index (κ3) is 16.5. The van der Waals surface area contributed by atoms with Gasteiger partial charge in [0.1, 0.15) is 0 Å². The molecular formula is C39H66O3P+. The monoisotopic (exact) mass is 613 g/mol. The normalized spacial score (nSPS) is 11.7. The van der Waals surface area contributed by atoms with Crippen molar-refractivity contribution in [1.82, 2.24) is 0 Å². The first-order valence-electron chi connectivity index (χ1n) is 18.3. The number of benzene rings is 2. The van der Waals surface area contributed by atoms with E-state index in [9.17, 15) is 9.79 Å². The Morgan fingerprint density at radius 1 is 0.488 bits per heavy atom. The number of hydrogen-bond donors (Lipinski definition) is 2. The van der Waals surface area contributed by atoms with Gasteiger partial charge in [-0.1, -0.05) is 161 Å². The number of aryl methyl sites for hydroxylation is 2. The number of unbranched alkanes of at least 4 members (excludes halogenated alkanes) is 18. The van der Waals surface area contributed by atoms with Crippen LogP contribution in [0.3, 0.4) is 0 Å². The van der Waals surface area contributed by atoms with Gasteiger partial charge in [-0.05, 0) is 67.9 Å². The lowest BCUT2D eigenvalue weighted by Gasteiger charge is -2.17. The van der Waals surface area contributed by atoms with Crippen LogP contribution in [0.15, 0.2) is 42.5 Å². The second kappa shape index (κ2) is 23.9. The highest BCUT2D eigenvalue weighted by Crippen LogP contribution is 2.51. The van der Waals surface area contributed by atoms with Gasteiger partial charge in [0.25, 0.3) is 0 Å². The SMILES string of the molecule is CCCCCCCCCc1ccc([P+](O)(O)Oc2cccc(CCCCCCCCC)c2CCCCCCCCC)cc1. The van der Waals surface area contributed by atoms with E-state index in [4.69, 9.17) is 4.52 Å². The van der Waals surface area contributed by atoms with Gasteiger partial charge < -0.3 is 0 Å². The summed E-state index contributed by atoms with van der Waals surface area (Å²) >= 11 is 0. The Bertz CT molecular complexity index is 940. The third-order valence-corrected chi connectivity index (χ3v) is 10.3. The van der Waals surface area contributed by atoms with E-state index in [1.54, 1.807) is 0 Å². The molecule has 0 heterocycles. The Labute approximate surface area is 266 Å². The molecule has 43 heavy (non-hydrogen) atoms. The minimum atomic E-state index is -3.74. The minimum Gasteiger partial charge on any atom is -0.281 e. The molecule has 0 aliphatic heterocycles. The van der Waals surface area contributed by atoms with Crippen LogP contribution in [0.5, 0.6) is 5.75 Å². The standard InChI is InChI=1S/C39H66O3P/c1-4-7-10-13-16-19-22-26-35-31-33-37(34-32-35)43(40,41)42-39-30-25-28-36(27-23-20-17-14-11-8-5-2)38(39)29-24-21-18-15-12-9-6-3/h25,28,30-34,40-41H,4-24,26-27,29H2,1-3H3/q+1. The Morgan fingerprint density at radius 2 is 0.930 bits per heavy atom. The summed E-state index contributed by atoms with van der Waals surface area (Å²) < 4.78 is 6.15. The molecule has 0 aromatic heterocycles. The molecule has 0 unspecified atom stereocenters. The molecule has 0 aliphatic rings. The lowest BCUT2D eigenvalue weighted by Crippen LogP contribution is -2.16. The van der Waals surface area contributed by atoms with Gasteiger partial charge in [0.05, 0.1) is 0 Å². The quantitative estimate of drug-likeness (QED) is 0.0778. The molecule has 0 atom stereocenters. The fourth-order valence-electron chi connectivity index (χ4n) is 6.08. The largest absolute Gasteiger partial charge is 0.487 e. The Morgan fingerprint density at radius 3 is 1.44 bits per heavy atom. The molecule has 2 rings (SSSR count). The first kappa shape index (κ1) is 37.8. The summed E-state index contributed by atoms with van der Waals surface area (Å²) in [5.41, 5.74) is 3.76. The van der Waals surface area contributed by atoms with Crippen molar-refractivity contribution in [2.24, 2.45) is 0 Å². The molecule has 0 saturated carbocycles. The van der Waals surface area contributed by atoms with Crippen LogP contribution in [0.4, 0.5) is 0 Å². The number of hydrogen-bond acceptors (Lipinski definition) is 3. The van der Waals surface area contributed by atoms with Gasteiger partial charge in [-0.15, -0.1) is 0 Å². The highest BCUT2D eigenvalue weighted by atomic mass is 31.2. The van der Waals surface area contributed by atoms with Gasteiger partial charge in [0.2, 0.25) is 0 Å². The van der Waals surface area contributed by atoms with E-state index in [2.05, 4.69) is 26.8 Å². The first-order chi connectivity index (χ1) is 21.0. The topological polar surface area (TPSA) is 49.7 Å². The van der Waals surface area contributed by atoms with Gasteiger partial charge in [0.15, 0.2) is 11.1 Å². The van der Waals surface area contributed by atoms with E-state index < -0.39 is 7.94 Å². The van der Waals surface area contributed by atoms with E-state index in [0.29, 0.717) is 11.1 Å². The fourth-order valence-corrected chi connectivity index (χ4v) is 7.17. The van der Waals surface area contributed by atoms with E-state index in [1.165, 1.54) is 145 Å². The average Bonchev–Trinajstić information content (AvgIpc) is 3.00. The Hall–Kier alpha value is -1.41. The zero-order valence-electron chi connectivity index (χ0n) is 28.3.